The van der Waals surface area contributed by atoms with E-state index < -0.39 is 6.09 Å². The molecule has 3 rings (SSSR count). The SMILES string of the molecule is NC(=NCC1CCC(C(=O)Oc2ccccc2)CC1)NC(=O)OCc1ccccc1. The average molecular weight is 409 g/mol. The predicted molar refractivity (Wildman–Crippen MR) is 114 cm³/mol. The third kappa shape index (κ3) is 6.92. The number of hydrogen-bond acceptors (Lipinski definition) is 5. The Hall–Kier alpha value is -3.35. The lowest BCUT2D eigenvalue weighted by Crippen LogP contribution is -2.37. The second-order valence-corrected chi connectivity index (χ2v) is 7.36. The van der Waals surface area contributed by atoms with Crippen molar-refractivity contribution in [2.24, 2.45) is 22.6 Å². The van der Waals surface area contributed by atoms with Gasteiger partial charge >= 0.3 is 12.1 Å². The number of ether oxygens (including phenoxy) is 2. The maximum atomic E-state index is 12.3. The van der Waals surface area contributed by atoms with Gasteiger partial charge in [-0.25, -0.2) is 4.79 Å². The average Bonchev–Trinajstić information content (AvgIpc) is 2.78. The third-order valence-corrected chi connectivity index (χ3v) is 5.10. The molecule has 0 spiro atoms. The summed E-state index contributed by atoms with van der Waals surface area (Å²) in [4.78, 5) is 28.3. The summed E-state index contributed by atoms with van der Waals surface area (Å²) in [5.41, 5.74) is 6.68. The quantitative estimate of drug-likeness (QED) is 0.328. The van der Waals surface area contributed by atoms with Crippen LogP contribution in [0, 0.1) is 11.8 Å². The van der Waals surface area contributed by atoms with Gasteiger partial charge in [0.15, 0.2) is 5.96 Å². The number of amides is 1. The van der Waals surface area contributed by atoms with Crippen LogP contribution in [0.1, 0.15) is 31.2 Å². The zero-order chi connectivity index (χ0) is 21.2. The molecule has 0 unspecified atom stereocenters. The van der Waals surface area contributed by atoms with E-state index in [1.54, 1.807) is 12.1 Å². The van der Waals surface area contributed by atoms with Crippen molar-refractivity contribution in [1.82, 2.24) is 5.32 Å². The Labute approximate surface area is 176 Å². The third-order valence-electron chi connectivity index (χ3n) is 5.10. The molecule has 2 aromatic carbocycles. The monoisotopic (exact) mass is 409 g/mol. The summed E-state index contributed by atoms with van der Waals surface area (Å²) in [6.07, 6.45) is 2.62. The molecular formula is C23H27N3O4. The van der Waals surface area contributed by atoms with Crippen molar-refractivity contribution in [2.45, 2.75) is 32.3 Å². The molecule has 0 heterocycles. The molecule has 0 aliphatic heterocycles. The first kappa shape index (κ1) is 21.4. The van der Waals surface area contributed by atoms with Crippen molar-refractivity contribution in [1.29, 1.82) is 0 Å². The number of para-hydroxylation sites is 1. The van der Waals surface area contributed by atoms with E-state index in [2.05, 4.69) is 10.3 Å². The van der Waals surface area contributed by atoms with Gasteiger partial charge in [0, 0.05) is 6.54 Å². The fraction of sp³-hybridized carbons (Fsp3) is 0.348. The van der Waals surface area contributed by atoms with Gasteiger partial charge in [0.05, 0.1) is 5.92 Å². The molecule has 1 amide bonds. The van der Waals surface area contributed by atoms with E-state index in [-0.39, 0.29) is 24.5 Å². The van der Waals surface area contributed by atoms with Crippen LogP contribution in [0.15, 0.2) is 65.7 Å². The smallest absolute Gasteiger partial charge is 0.414 e. The summed E-state index contributed by atoms with van der Waals surface area (Å²) in [7, 11) is 0. The molecule has 0 aromatic heterocycles. The largest absolute Gasteiger partial charge is 0.444 e. The van der Waals surface area contributed by atoms with Crippen LogP contribution in [0.2, 0.25) is 0 Å². The first-order valence-electron chi connectivity index (χ1n) is 10.1. The molecule has 0 bridgehead atoms. The molecule has 1 aliphatic rings. The Morgan fingerprint density at radius 3 is 2.27 bits per heavy atom. The van der Waals surface area contributed by atoms with E-state index in [0.29, 0.717) is 18.2 Å². The van der Waals surface area contributed by atoms with E-state index in [1.807, 2.05) is 48.5 Å². The molecule has 1 aliphatic carbocycles. The summed E-state index contributed by atoms with van der Waals surface area (Å²) in [5, 5.41) is 2.44. The molecule has 0 atom stereocenters. The van der Waals surface area contributed by atoms with Crippen molar-refractivity contribution in [3.8, 4) is 5.75 Å². The maximum absolute atomic E-state index is 12.3. The number of alkyl carbamates (subject to hydrolysis) is 1. The Morgan fingerprint density at radius 1 is 0.967 bits per heavy atom. The van der Waals surface area contributed by atoms with Crippen LogP contribution in [0.25, 0.3) is 0 Å². The fourth-order valence-corrected chi connectivity index (χ4v) is 3.40. The fourth-order valence-electron chi connectivity index (χ4n) is 3.40. The number of benzene rings is 2. The van der Waals surface area contributed by atoms with Gasteiger partial charge in [-0.15, -0.1) is 0 Å². The van der Waals surface area contributed by atoms with Crippen LogP contribution >= 0.6 is 0 Å². The number of carbonyl (C=O) groups excluding carboxylic acids is 2. The number of nitrogens with one attached hydrogen (secondary N) is 1. The number of carbonyl (C=O) groups is 2. The van der Waals surface area contributed by atoms with Crippen molar-refractivity contribution >= 4 is 18.0 Å². The lowest BCUT2D eigenvalue weighted by Gasteiger charge is -2.26. The van der Waals surface area contributed by atoms with Crippen molar-refractivity contribution < 1.29 is 19.1 Å². The Bertz CT molecular complexity index is 847. The minimum atomic E-state index is -0.632. The van der Waals surface area contributed by atoms with Crippen molar-refractivity contribution in [3.05, 3.63) is 66.2 Å². The molecule has 158 valence electrons. The van der Waals surface area contributed by atoms with Gasteiger partial charge in [-0.1, -0.05) is 48.5 Å². The van der Waals surface area contributed by atoms with Crippen LogP contribution in [-0.4, -0.2) is 24.6 Å². The lowest BCUT2D eigenvalue weighted by atomic mass is 9.82. The minimum Gasteiger partial charge on any atom is -0.444 e. The number of rotatable bonds is 6. The topological polar surface area (TPSA) is 103 Å². The molecule has 1 saturated carbocycles. The molecular weight excluding hydrogens is 382 g/mol. The number of nitrogens with two attached hydrogens (primary N) is 1. The van der Waals surface area contributed by atoms with Crippen LogP contribution in [0.5, 0.6) is 5.75 Å². The molecule has 1 fully saturated rings. The van der Waals surface area contributed by atoms with Gasteiger partial charge in [-0.2, -0.15) is 0 Å². The lowest BCUT2D eigenvalue weighted by molar-refractivity contribution is -0.140. The summed E-state index contributed by atoms with van der Waals surface area (Å²) in [6, 6.07) is 18.5. The number of hydrogen-bond donors (Lipinski definition) is 2. The van der Waals surface area contributed by atoms with Gasteiger partial charge < -0.3 is 15.2 Å². The predicted octanol–water partition coefficient (Wildman–Crippen LogP) is 3.64. The van der Waals surface area contributed by atoms with Gasteiger partial charge in [-0.05, 0) is 49.3 Å². The second-order valence-electron chi connectivity index (χ2n) is 7.36. The van der Waals surface area contributed by atoms with Crippen molar-refractivity contribution in [3.63, 3.8) is 0 Å². The summed E-state index contributed by atoms with van der Waals surface area (Å²) >= 11 is 0. The van der Waals surface area contributed by atoms with Gasteiger partial charge in [-0.3, -0.25) is 15.1 Å². The number of aliphatic imine (C=N–C) groups is 1. The Balaban J connectivity index is 1.35. The van der Waals surface area contributed by atoms with E-state index in [1.165, 1.54) is 0 Å². The molecule has 0 radical (unpaired) electrons. The Kier molecular flexibility index (Phi) is 7.83. The summed E-state index contributed by atoms with van der Waals surface area (Å²) < 4.78 is 10.6. The standard InChI is InChI=1S/C23H27N3O4/c24-22(26-23(28)29-16-18-7-3-1-4-8-18)25-15-17-11-13-19(14-12-17)21(27)30-20-9-5-2-6-10-20/h1-10,17,19H,11-16H2,(H3,24,25,26,28). The normalized spacial score (nSPS) is 19.0. The van der Waals surface area contributed by atoms with E-state index in [9.17, 15) is 9.59 Å². The van der Waals surface area contributed by atoms with Gasteiger partial charge in [0.1, 0.15) is 12.4 Å². The van der Waals surface area contributed by atoms with Crippen LogP contribution in [0.3, 0.4) is 0 Å². The molecule has 0 saturated heterocycles. The number of guanidine groups is 1. The zero-order valence-corrected chi connectivity index (χ0v) is 16.8. The highest BCUT2D eigenvalue weighted by Gasteiger charge is 2.27. The molecule has 7 nitrogen and oxygen atoms in total. The van der Waals surface area contributed by atoms with Gasteiger partial charge in [0.25, 0.3) is 0 Å². The summed E-state index contributed by atoms with van der Waals surface area (Å²) in [6.45, 7) is 0.675. The first-order chi connectivity index (χ1) is 14.6. The van der Waals surface area contributed by atoms with E-state index in [4.69, 9.17) is 15.2 Å². The molecule has 3 N–H and O–H groups in total. The zero-order valence-electron chi connectivity index (χ0n) is 16.8. The van der Waals surface area contributed by atoms with Crippen LogP contribution < -0.4 is 15.8 Å². The maximum Gasteiger partial charge on any atom is 0.414 e. The highest BCUT2D eigenvalue weighted by molar-refractivity contribution is 5.92. The number of nitrogens with zero attached hydrogens (tertiary/aromatic N) is 1. The van der Waals surface area contributed by atoms with Crippen molar-refractivity contribution in [2.75, 3.05) is 6.54 Å². The number of esters is 1. The van der Waals surface area contributed by atoms with Gasteiger partial charge in [0.2, 0.25) is 0 Å². The molecule has 7 heteroatoms. The Morgan fingerprint density at radius 2 is 1.60 bits per heavy atom. The highest BCUT2D eigenvalue weighted by atomic mass is 16.5. The highest BCUT2D eigenvalue weighted by Crippen LogP contribution is 2.30. The summed E-state index contributed by atoms with van der Waals surface area (Å²) in [5.74, 6) is 0.678. The minimum absolute atomic E-state index is 0.0404. The van der Waals surface area contributed by atoms with E-state index >= 15 is 0 Å². The van der Waals surface area contributed by atoms with Crippen LogP contribution in [0.4, 0.5) is 4.79 Å². The second kappa shape index (κ2) is 11.0. The first-order valence-corrected chi connectivity index (χ1v) is 10.1. The van der Waals surface area contributed by atoms with Crippen LogP contribution in [-0.2, 0) is 16.1 Å². The molecule has 2 aromatic rings. The van der Waals surface area contributed by atoms with E-state index in [0.717, 1.165) is 31.2 Å². The molecule has 30 heavy (non-hydrogen) atoms.